The first-order valence-corrected chi connectivity index (χ1v) is 10.3. The number of benzene rings is 2. The van der Waals surface area contributed by atoms with Crippen molar-refractivity contribution in [1.82, 2.24) is 9.47 Å². The van der Waals surface area contributed by atoms with E-state index in [0.29, 0.717) is 10.6 Å². The minimum Gasteiger partial charge on any atom is -0.350 e. The van der Waals surface area contributed by atoms with Gasteiger partial charge in [-0.1, -0.05) is 24.3 Å². The topological polar surface area (TPSA) is 71.4 Å². The third-order valence-corrected chi connectivity index (χ3v) is 6.09. The van der Waals surface area contributed by atoms with Crippen LogP contribution < -0.4 is 5.32 Å². The van der Waals surface area contributed by atoms with Crippen molar-refractivity contribution >= 4 is 51.5 Å². The van der Waals surface area contributed by atoms with Gasteiger partial charge in [-0.3, -0.25) is 19.3 Å². The molecule has 3 aromatic rings. The van der Waals surface area contributed by atoms with Gasteiger partial charge in [-0.2, -0.15) is 0 Å². The summed E-state index contributed by atoms with van der Waals surface area (Å²) in [6.07, 6.45) is 3.64. The molecule has 1 fully saturated rings. The average molecular weight is 420 g/mol. The second-order valence-electron chi connectivity index (χ2n) is 7.33. The molecule has 6 nitrogen and oxygen atoms in total. The number of para-hydroxylation sites is 1. The highest BCUT2D eigenvalue weighted by Crippen LogP contribution is 2.34. The SMILES string of the molecule is Cc1ccc(NC(=O)CN2C(=O)SC(=Cc3cn(C)c4ccccc34)C2=O)cc1C. The van der Waals surface area contributed by atoms with E-state index in [0.717, 1.165) is 44.3 Å². The molecule has 1 N–H and O–H groups in total. The molecule has 0 aliphatic carbocycles. The van der Waals surface area contributed by atoms with Crippen LogP contribution in [0, 0.1) is 13.8 Å². The monoisotopic (exact) mass is 419 g/mol. The van der Waals surface area contributed by atoms with E-state index >= 15 is 0 Å². The molecule has 2 heterocycles. The predicted octanol–water partition coefficient (Wildman–Crippen LogP) is 4.47. The molecule has 0 atom stereocenters. The zero-order chi connectivity index (χ0) is 21.4. The summed E-state index contributed by atoms with van der Waals surface area (Å²) in [6, 6.07) is 13.4. The first-order chi connectivity index (χ1) is 14.3. The molecular formula is C23H21N3O3S. The van der Waals surface area contributed by atoms with E-state index in [1.165, 1.54) is 0 Å². The highest BCUT2D eigenvalue weighted by atomic mass is 32.2. The lowest BCUT2D eigenvalue weighted by molar-refractivity contribution is -0.127. The number of hydrogen-bond acceptors (Lipinski definition) is 4. The smallest absolute Gasteiger partial charge is 0.294 e. The molecular weight excluding hydrogens is 398 g/mol. The summed E-state index contributed by atoms with van der Waals surface area (Å²) in [4.78, 5) is 38.9. The van der Waals surface area contributed by atoms with Crippen LogP contribution in [0.5, 0.6) is 0 Å². The van der Waals surface area contributed by atoms with Gasteiger partial charge in [-0.25, -0.2) is 0 Å². The summed E-state index contributed by atoms with van der Waals surface area (Å²) >= 11 is 0.856. The minimum absolute atomic E-state index is 0.315. The second-order valence-corrected chi connectivity index (χ2v) is 8.32. The van der Waals surface area contributed by atoms with Gasteiger partial charge in [0.15, 0.2) is 0 Å². The molecule has 3 amide bonds. The van der Waals surface area contributed by atoms with Crippen LogP contribution in [-0.4, -0.2) is 33.1 Å². The number of carbonyl (C=O) groups excluding carboxylic acids is 3. The number of hydrogen-bond donors (Lipinski definition) is 1. The van der Waals surface area contributed by atoms with Gasteiger partial charge < -0.3 is 9.88 Å². The standard InChI is InChI=1S/C23H21N3O3S/c1-14-8-9-17(10-15(14)2)24-21(27)13-26-22(28)20(30-23(26)29)11-16-12-25(3)19-7-5-4-6-18(16)19/h4-12H,13H2,1-3H3,(H,24,27). The van der Waals surface area contributed by atoms with Gasteiger partial charge in [0.25, 0.3) is 11.1 Å². The fourth-order valence-electron chi connectivity index (χ4n) is 3.43. The van der Waals surface area contributed by atoms with Crippen molar-refractivity contribution in [2.45, 2.75) is 13.8 Å². The van der Waals surface area contributed by atoms with Crippen LogP contribution in [0.25, 0.3) is 17.0 Å². The van der Waals surface area contributed by atoms with E-state index < -0.39 is 17.1 Å². The Kier molecular flexibility index (Phi) is 5.22. The van der Waals surface area contributed by atoms with Gasteiger partial charge in [0.2, 0.25) is 5.91 Å². The number of nitrogens with one attached hydrogen (secondary N) is 1. The molecule has 30 heavy (non-hydrogen) atoms. The first kappa shape index (κ1) is 20.0. The van der Waals surface area contributed by atoms with Gasteiger partial charge in [0.1, 0.15) is 6.54 Å². The molecule has 0 spiro atoms. The fraction of sp³-hybridized carbons (Fsp3) is 0.174. The first-order valence-electron chi connectivity index (χ1n) is 9.50. The van der Waals surface area contributed by atoms with Crippen molar-refractivity contribution < 1.29 is 14.4 Å². The highest BCUT2D eigenvalue weighted by molar-refractivity contribution is 8.18. The lowest BCUT2D eigenvalue weighted by Gasteiger charge is -2.13. The van der Waals surface area contributed by atoms with Crippen molar-refractivity contribution in [3.05, 3.63) is 70.3 Å². The number of amides is 3. The van der Waals surface area contributed by atoms with Crippen molar-refractivity contribution in [2.24, 2.45) is 7.05 Å². The van der Waals surface area contributed by atoms with Gasteiger partial charge >= 0.3 is 0 Å². The molecule has 0 saturated carbocycles. The lowest BCUT2D eigenvalue weighted by atomic mass is 10.1. The van der Waals surface area contributed by atoms with E-state index in [9.17, 15) is 14.4 Å². The van der Waals surface area contributed by atoms with Crippen LogP contribution in [0.2, 0.25) is 0 Å². The molecule has 1 aliphatic heterocycles. The van der Waals surface area contributed by atoms with E-state index in [1.54, 1.807) is 12.1 Å². The summed E-state index contributed by atoms with van der Waals surface area (Å²) in [7, 11) is 1.93. The van der Waals surface area contributed by atoms with Gasteiger partial charge in [0, 0.05) is 35.4 Å². The largest absolute Gasteiger partial charge is 0.350 e. The molecule has 1 aliphatic rings. The Labute approximate surface area is 178 Å². The fourth-order valence-corrected chi connectivity index (χ4v) is 4.26. The molecule has 7 heteroatoms. The maximum absolute atomic E-state index is 12.8. The van der Waals surface area contributed by atoms with E-state index in [4.69, 9.17) is 0 Å². The molecule has 152 valence electrons. The number of nitrogens with zero attached hydrogens (tertiary/aromatic N) is 2. The van der Waals surface area contributed by atoms with E-state index in [1.807, 2.05) is 68.1 Å². The number of carbonyl (C=O) groups is 3. The third-order valence-electron chi connectivity index (χ3n) is 5.18. The van der Waals surface area contributed by atoms with Crippen LogP contribution in [-0.2, 0) is 16.6 Å². The van der Waals surface area contributed by atoms with Crippen LogP contribution in [0.15, 0.2) is 53.6 Å². The minimum atomic E-state index is -0.451. The second kappa shape index (κ2) is 7.84. The molecule has 0 radical (unpaired) electrons. The molecule has 0 bridgehead atoms. The normalized spacial score (nSPS) is 15.4. The number of fused-ring (bicyclic) bond motifs is 1. The lowest BCUT2D eigenvalue weighted by Crippen LogP contribution is -2.36. The van der Waals surface area contributed by atoms with Crippen molar-refractivity contribution in [2.75, 3.05) is 11.9 Å². The molecule has 1 saturated heterocycles. The average Bonchev–Trinajstić information content (AvgIpc) is 3.16. The Morgan fingerprint density at radius 2 is 1.87 bits per heavy atom. The molecule has 4 rings (SSSR count). The Morgan fingerprint density at radius 1 is 1.10 bits per heavy atom. The van der Waals surface area contributed by atoms with Gasteiger partial charge in [-0.15, -0.1) is 0 Å². The van der Waals surface area contributed by atoms with Crippen LogP contribution in [0.3, 0.4) is 0 Å². The van der Waals surface area contributed by atoms with Crippen molar-refractivity contribution in [1.29, 1.82) is 0 Å². The summed E-state index contributed by atoms with van der Waals surface area (Å²) in [5, 5.41) is 3.31. The molecule has 2 aromatic carbocycles. The number of imide groups is 1. The van der Waals surface area contributed by atoms with Gasteiger partial charge in [0.05, 0.1) is 4.91 Å². The Morgan fingerprint density at radius 3 is 2.63 bits per heavy atom. The summed E-state index contributed by atoms with van der Waals surface area (Å²) in [6.45, 7) is 3.63. The van der Waals surface area contributed by atoms with Crippen LogP contribution >= 0.6 is 11.8 Å². The van der Waals surface area contributed by atoms with E-state index in [-0.39, 0.29) is 6.54 Å². The number of aromatic nitrogens is 1. The Balaban J connectivity index is 1.51. The van der Waals surface area contributed by atoms with Crippen molar-refractivity contribution in [3.8, 4) is 0 Å². The number of aryl methyl sites for hydroxylation is 3. The zero-order valence-electron chi connectivity index (χ0n) is 16.9. The van der Waals surface area contributed by atoms with Crippen molar-refractivity contribution in [3.63, 3.8) is 0 Å². The predicted molar refractivity (Wildman–Crippen MR) is 120 cm³/mol. The summed E-state index contributed by atoms with van der Waals surface area (Å²) < 4.78 is 1.97. The number of anilines is 1. The number of rotatable bonds is 4. The highest BCUT2D eigenvalue weighted by Gasteiger charge is 2.36. The summed E-state index contributed by atoms with van der Waals surface area (Å²) in [5.41, 5.74) is 4.71. The van der Waals surface area contributed by atoms with Crippen LogP contribution in [0.4, 0.5) is 10.5 Å². The number of thioether (sulfide) groups is 1. The summed E-state index contributed by atoms with van der Waals surface area (Å²) in [5.74, 6) is -0.861. The Bertz CT molecular complexity index is 1230. The Hall–Kier alpha value is -3.32. The zero-order valence-corrected chi connectivity index (χ0v) is 17.7. The van der Waals surface area contributed by atoms with E-state index in [2.05, 4.69) is 5.32 Å². The van der Waals surface area contributed by atoms with Gasteiger partial charge in [-0.05, 0) is 61.0 Å². The third kappa shape index (κ3) is 3.76. The maximum atomic E-state index is 12.8. The molecule has 1 aromatic heterocycles. The van der Waals surface area contributed by atoms with Crippen LogP contribution in [0.1, 0.15) is 16.7 Å². The quantitative estimate of drug-likeness (QED) is 0.634. The maximum Gasteiger partial charge on any atom is 0.294 e. The molecule has 0 unspecified atom stereocenters.